The lowest BCUT2D eigenvalue weighted by Crippen LogP contribution is -1.97. The van der Waals surface area contributed by atoms with Gasteiger partial charge >= 0.3 is 0 Å². The Balaban J connectivity index is 2.04. The van der Waals surface area contributed by atoms with Crippen LogP contribution in [0.1, 0.15) is 11.1 Å². The number of benzene rings is 2. The van der Waals surface area contributed by atoms with Crippen LogP contribution in [0, 0.1) is 11.3 Å². The number of halogens is 2. The minimum Gasteiger partial charge on any atom is -0.489 e. The molecule has 0 aliphatic carbocycles. The first-order valence-electron chi connectivity index (χ1n) is 5.72. The highest BCUT2D eigenvalue weighted by Gasteiger charge is 2.06. The molecule has 2 rings (SSSR count). The van der Waals surface area contributed by atoms with Crippen molar-refractivity contribution in [1.29, 1.82) is 5.26 Å². The van der Waals surface area contributed by atoms with Gasteiger partial charge < -0.3 is 4.74 Å². The zero-order chi connectivity index (χ0) is 13.7. The maximum Gasteiger partial charge on any atom is 0.119 e. The lowest BCUT2D eigenvalue weighted by molar-refractivity contribution is 0.306. The number of nitriles is 1. The van der Waals surface area contributed by atoms with Gasteiger partial charge in [-0.2, -0.15) is 5.26 Å². The number of rotatable bonds is 4. The number of hydrogen-bond acceptors (Lipinski definition) is 2. The van der Waals surface area contributed by atoms with Gasteiger partial charge in [0.05, 0.1) is 12.5 Å². The van der Waals surface area contributed by atoms with E-state index in [2.05, 4.69) is 6.07 Å². The van der Waals surface area contributed by atoms with Gasteiger partial charge in [0.15, 0.2) is 0 Å². The molecular weight excluding hydrogens is 281 g/mol. The van der Waals surface area contributed by atoms with E-state index in [-0.39, 0.29) is 0 Å². The summed E-state index contributed by atoms with van der Waals surface area (Å²) in [5.74, 6) is 0.720. The fourth-order valence-corrected chi connectivity index (χ4v) is 2.13. The van der Waals surface area contributed by atoms with E-state index in [4.69, 9.17) is 33.2 Å². The highest BCUT2D eigenvalue weighted by atomic mass is 35.5. The van der Waals surface area contributed by atoms with Gasteiger partial charge in [0.25, 0.3) is 0 Å². The van der Waals surface area contributed by atoms with Crippen molar-refractivity contribution in [2.75, 3.05) is 0 Å². The van der Waals surface area contributed by atoms with E-state index >= 15 is 0 Å². The molecule has 0 amide bonds. The Bertz CT molecular complexity index is 582. The lowest BCUT2D eigenvalue weighted by Gasteiger charge is -2.09. The molecule has 2 aromatic carbocycles. The molecule has 96 valence electrons. The van der Waals surface area contributed by atoms with E-state index in [1.165, 1.54) is 0 Å². The fraction of sp³-hybridized carbons (Fsp3) is 0.133. The van der Waals surface area contributed by atoms with E-state index in [0.29, 0.717) is 23.1 Å². The van der Waals surface area contributed by atoms with Crippen LogP contribution < -0.4 is 4.74 Å². The maximum atomic E-state index is 8.59. The van der Waals surface area contributed by atoms with Crippen molar-refractivity contribution in [3.8, 4) is 11.8 Å². The number of nitrogens with zero attached hydrogens (tertiary/aromatic N) is 1. The topological polar surface area (TPSA) is 33.0 Å². The average Bonchev–Trinajstić information content (AvgIpc) is 2.40. The zero-order valence-electron chi connectivity index (χ0n) is 10.1. The molecule has 0 saturated heterocycles. The van der Waals surface area contributed by atoms with Crippen molar-refractivity contribution in [1.82, 2.24) is 0 Å². The summed E-state index contributed by atoms with van der Waals surface area (Å²) in [6.45, 7) is 0.316. The van der Waals surface area contributed by atoms with Crippen molar-refractivity contribution >= 4 is 23.2 Å². The van der Waals surface area contributed by atoms with E-state index in [9.17, 15) is 0 Å². The SMILES string of the molecule is N#CCc1ccc(OCc2c(Cl)cccc2Cl)cc1. The standard InChI is InChI=1S/C15H11Cl2NO/c16-14-2-1-3-15(17)13(14)10-19-12-6-4-11(5-7-12)8-9-18/h1-7H,8,10H2. The van der Waals surface area contributed by atoms with Crippen LogP contribution in [0.2, 0.25) is 10.0 Å². The molecule has 0 aromatic heterocycles. The van der Waals surface area contributed by atoms with E-state index in [1.54, 1.807) is 18.2 Å². The second-order valence-electron chi connectivity index (χ2n) is 3.97. The summed E-state index contributed by atoms with van der Waals surface area (Å²) in [6, 6.07) is 14.9. The minimum absolute atomic E-state index is 0.316. The highest BCUT2D eigenvalue weighted by molar-refractivity contribution is 6.35. The molecule has 0 aliphatic rings. The van der Waals surface area contributed by atoms with Gasteiger partial charge in [0, 0.05) is 15.6 Å². The predicted molar refractivity (Wildman–Crippen MR) is 76.6 cm³/mol. The molecule has 0 heterocycles. The summed E-state index contributed by atoms with van der Waals surface area (Å²) in [5.41, 5.74) is 1.73. The van der Waals surface area contributed by atoms with Gasteiger partial charge in [0.1, 0.15) is 12.4 Å². The largest absolute Gasteiger partial charge is 0.489 e. The lowest BCUT2D eigenvalue weighted by atomic mass is 10.2. The van der Waals surface area contributed by atoms with Crippen LogP contribution in [0.3, 0.4) is 0 Å². The Morgan fingerprint density at radius 1 is 1.00 bits per heavy atom. The maximum absolute atomic E-state index is 8.59. The molecular formula is C15H11Cl2NO. The van der Waals surface area contributed by atoms with Crippen LogP contribution in [-0.2, 0) is 13.0 Å². The van der Waals surface area contributed by atoms with Crippen molar-refractivity contribution in [3.63, 3.8) is 0 Å². The van der Waals surface area contributed by atoms with Crippen LogP contribution in [0.25, 0.3) is 0 Å². The quantitative estimate of drug-likeness (QED) is 0.822. The van der Waals surface area contributed by atoms with Crippen molar-refractivity contribution in [3.05, 3.63) is 63.6 Å². The predicted octanol–water partition coefficient (Wildman–Crippen LogP) is 4.64. The van der Waals surface area contributed by atoms with Crippen LogP contribution in [-0.4, -0.2) is 0 Å². The van der Waals surface area contributed by atoms with E-state index in [0.717, 1.165) is 16.9 Å². The molecule has 0 radical (unpaired) electrons. The fourth-order valence-electron chi connectivity index (χ4n) is 1.62. The third-order valence-corrected chi connectivity index (χ3v) is 3.36. The third kappa shape index (κ3) is 3.64. The second kappa shape index (κ2) is 6.47. The van der Waals surface area contributed by atoms with E-state index in [1.807, 2.05) is 24.3 Å². The molecule has 2 aromatic rings. The summed E-state index contributed by atoms with van der Waals surface area (Å²) >= 11 is 12.1. The highest BCUT2D eigenvalue weighted by Crippen LogP contribution is 2.25. The normalized spacial score (nSPS) is 9.95. The summed E-state index contributed by atoms with van der Waals surface area (Å²) in [6.07, 6.45) is 0.399. The molecule has 0 unspecified atom stereocenters. The van der Waals surface area contributed by atoms with Gasteiger partial charge in [-0.3, -0.25) is 0 Å². The second-order valence-corrected chi connectivity index (χ2v) is 4.78. The van der Waals surface area contributed by atoms with E-state index < -0.39 is 0 Å². The third-order valence-electron chi connectivity index (χ3n) is 2.65. The smallest absolute Gasteiger partial charge is 0.119 e. The van der Waals surface area contributed by atoms with Crippen molar-refractivity contribution in [2.45, 2.75) is 13.0 Å². The molecule has 0 fully saturated rings. The van der Waals surface area contributed by atoms with Crippen LogP contribution in [0.4, 0.5) is 0 Å². The first-order valence-corrected chi connectivity index (χ1v) is 6.48. The summed E-state index contributed by atoms with van der Waals surface area (Å²) in [7, 11) is 0. The van der Waals surface area contributed by atoms with Gasteiger partial charge in [-0.05, 0) is 29.8 Å². The van der Waals surface area contributed by atoms with Crippen LogP contribution in [0.15, 0.2) is 42.5 Å². The average molecular weight is 292 g/mol. The number of ether oxygens (including phenoxy) is 1. The summed E-state index contributed by atoms with van der Waals surface area (Å²) in [5, 5.41) is 9.77. The summed E-state index contributed by atoms with van der Waals surface area (Å²) < 4.78 is 5.64. The molecule has 0 bridgehead atoms. The molecule has 0 aliphatic heterocycles. The Morgan fingerprint density at radius 3 is 2.21 bits per heavy atom. The molecule has 0 atom stereocenters. The van der Waals surface area contributed by atoms with Gasteiger partial charge in [-0.25, -0.2) is 0 Å². The Hall–Kier alpha value is -1.69. The molecule has 4 heteroatoms. The zero-order valence-corrected chi connectivity index (χ0v) is 11.6. The Morgan fingerprint density at radius 2 is 1.63 bits per heavy atom. The van der Waals surface area contributed by atoms with Crippen molar-refractivity contribution < 1.29 is 4.74 Å². The van der Waals surface area contributed by atoms with Gasteiger partial charge in [0.2, 0.25) is 0 Å². The van der Waals surface area contributed by atoms with Gasteiger partial charge in [-0.15, -0.1) is 0 Å². The van der Waals surface area contributed by atoms with Gasteiger partial charge in [-0.1, -0.05) is 41.4 Å². The Kier molecular flexibility index (Phi) is 4.68. The van der Waals surface area contributed by atoms with Crippen LogP contribution in [0.5, 0.6) is 5.75 Å². The molecule has 0 N–H and O–H groups in total. The molecule has 0 saturated carbocycles. The molecule has 19 heavy (non-hydrogen) atoms. The van der Waals surface area contributed by atoms with Crippen molar-refractivity contribution in [2.24, 2.45) is 0 Å². The first-order chi connectivity index (χ1) is 9.20. The van der Waals surface area contributed by atoms with Crippen LogP contribution >= 0.6 is 23.2 Å². The summed E-state index contributed by atoms with van der Waals surface area (Å²) in [4.78, 5) is 0. The Labute approximate surface area is 122 Å². The molecule has 0 spiro atoms. The first kappa shape index (κ1) is 13.7. The molecule has 2 nitrogen and oxygen atoms in total. The minimum atomic E-state index is 0.316. The number of hydrogen-bond donors (Lipinski definition) is 0. The monoisotopic (exact) mass is 291 g/mol.